The van der Waals surface area contributed by atoms with Crippen LogP contribution in [0.1, 0.15) is 23.2 Å². The van der Waals surface area contributed by atoms with E-state index in [2.05, 4.69) is 10.3 Å². The summed E-state index contributed by atoms with van der Waals surface area (Å²) in [5, 5.41) is 12.3. The van der Waals surface area contributed by atoms with Crippen molar-refractivity contribution in [3.63, 3.8) is 0 Å². The highest BCUT2D eigenvalue weighted by Gasteiger charge is 2.23. The molecule has 2 rings (SSSR count). The van der Waals surface area contributed by atoms with Crippen LogP contribution in [0.3, 0.4) is 0 Å². The minimum atomic E-state index is -0.267. The fourth-order valence-corrected chi connectivity index (χ4v) is 2.02. The zero-order valence-electron chi connectivity index (χ0n) is 9.89. The van der Waals surface area contributed by atoms with E-state index < -0.39 is 0 Å². The van der Waals surface area contributed by atoms with Gasteiger partial charge in [-0.05, 0) is 25.0 Å². The van der Waals surface area contributed by atoms with E-state index in [0.717, 1.165) is 0 Å². The highest BCUT2D eigenvalue weighted by atomic mass is 16.3. The number of aliphatic hydroxyl groups is 1. The molecule has 1 aromatic rings. The number of pyridine rings is 1. The summed E-state index contributed by atoms with van der Waals surface area (Å²) in [5.41, 5.74) is 0.589. The summed E-state index contributed by atoms with van der Waals surface area (Å²) in [6, 6.07) is 3.53. The Hall–Kier alpha value is -1.62. The monoisotopic (exact) mass is 235 g/mol. The molecule has 1 aliphatic heterocycles. The molecule has 0 unspecified atom stereocenters. The average molecular weight is 235 g/mol. The van der Waals surface area contributed by atoms with Gasteiger partial charge in [-0.2, -0.15) is 0 Å². The predicted molar refractivity (Wildman–Crippen MR) is 64.9 cm³/mol. The Morgan fingerprint density at radius 2 is 2.24 bits per heavy atom. The highest BCUT2D eigenvalue weighted by molar-refractivity contribution is 5.98. The van der Waals surface area contributed by atoms with Crippen LogP contribution in [0.15, 0.2) is 18.3 Å². The summed E-state index contributed by atoms with van der Waals surface area (Å²) >= 11 is 0. The van der Waals surface area contributed by atoms with Crippen LogP contribution >= 0.6 is 0 Å². The molecule has 1 aliphatic rings. The second-order valence-electron chi connectivity index (χ2n) is 4.17. The lowest BCUT2D eigenvalue weighted by molar-refractivity contribution is 0.0547. The van der Waals surface area contributed by atoms with Crippen molar-refractivity contribution in [2.45, 2.75) is 18.9 Å². The van der Waals surface area contributed by atoms with E-state index >= 15 is 0 Å². The Kier molecular flexibility index (Phi) is 3.58. The second kappa shape index (κ2) is 5.14. The number of nitrogens with zero attached hydrogens (tertiary/aromatic N) is 2. The number of piperidine rings is 1. The lowest BCUT2D eigenvalue weighted by atomic mass is 10.1. The van der Waals surface area contributed by atoms with Gasteiger partial charge in [0.05, 0.1) is 11.7 Å². The fraction of sp³-hybridized carbons (Fsp3) is 0.500. The molecule has 1 aromatic heterocycles. The lowest BCUT2D eigenvalue weighted by Crippen LogP contribution is -2.40. The summed E-state index contributed by atoms with van der Waals surface area (Å²) in [7, 11) is 1.75. The summed E-state index contributed by atoms with van der Waals surface area (Å²) < 4.78 is 0. The van der Waals surface area contributed by atoms with Crippen molar-refractivity contribution in [2.75, 3.05) is 25.5 Å². The van der Waals surface area contributed by atoms with Crippen molar-refractivity contribution in [1.29, 1.82) is 0 Å². The number of anilines is 1. The first-order valence-electron chi connectivity index (χ1n) is 5.82. The van der Waals surface area contributed by atoms with Crippen LogP contribution in [-0.2, 0) is 0 Å². The third kappa shape index (κ3) is 2.55. The van der Waals surface area contributed by atoms with E-state index in [1.165, 1.54) is 0 Å². The number of amides is 1. The zero-order valence-corrected chi connectivity index (χ0v) is 9.89. The molecular formula is C12H17N3O2. The molecule has 92 valence electrons. The number of aliphatic hydroxyl groups excluding tert-OH is 1. The van der Waals surface area contributed by atoms with Crippen LogP contribution in [-0.4, -0.2) is 47.1 Å². The summed E-state index contributed by atoms with van der Waals surface area (Å²) in [6.07, 6.45) is 2.70. The minimum Gasteiger partial charge on any atom is -0.393 e. The molecule has 0 atom stereocenters. The van der Waals surface area contributed by atoms with Gasteiger partial charge in [-0.15, -0.1) is 0 Å². The summed E-state index contributed by atoms with van der Waals surface area (Å²) in [5.74, 6) is 0.581. The SMILES string of the molecule is CNc1ncccc1C(=O)N1CCC(O)CC1. The van der Waals surface area contributed by atoms with Crippen LogP contribution < -0.4 is 5.32 Å². The molecule has 0 saturated carbocycles. The van der Waals surface area contributed by atoms with Crippen molar-refractivity contribution < 1.29 is 9.90 Å². The molecule has 5 nitrogen and oxygen atoms in total. The molecule has 0 bridgehead atoms. The van der Waals surface area contributed by atoms with Gasteiger partial charge < -0.3 is 15.3 Å². The van der Waals surface area contributed by atoms with E-state index in [9.17, 15) is 9.90 Å². The quantitative estimate of drug-likeness (QED) is 0.792. The van der Waals surface area contributed by atoms with Crippen LogP contribution in [0.25, 0.3) is 0 Å². The number of likely N-dealkylation sites (tertiary alicyclic amines) is 1. The maximum Gasteiger partial charge on any atom is 0.257 e. The Labute approximate surface area is 100 Å². The lowest BCUT2D eigenvalue weighted by Gasteiger charge is -2.29. The van der Waals surface area contributed by atoms with Gasteiger partial charge in [0.1, 0.15) is 5.82 Å². The van der Waals surface area contributed by atoms with Crippen LogP contribution in [0.4, 0.5) is 5.82 Å². The third-order valence-electron chi connectivity index (χ3n) is 3.03. The van der Waals surface area contributed by atoms with Gasteiger partial charge in [0, 0.05) is 26.3 Å². The molecule has 2 N–H and O–H groups in total. The van der Waals surface area contributed by atoms with Crippen molar-refractivity contribution in [1.82, 2.24) is 9.88 Å². The van der Waals surface area contributed by atoms with Crippen molar-refractivity contribution in [3.05, 3.63) is 23.9 Å². The van der Waals surface area contributed by atoms with Gasteiger partial charge in [-0.3, -0.25) is 4.79 Å². The summed E-state index contributed by atoms with van der Waals surface area (Å²) in [4.78, 5) is 18.1. The van der Waals surface area contributed by atoms with Gasteiger partial charge in [-0.1, -0.05) is 0 Å². The van der Waals surface area contributed by atoms with Gasteiger partial charge in [0.2, 0.25) is 0 Å². The Bertz CT molecular complexity index is 400. The Morgan fingerprint density at radius 3 is 2.88 bits per heavy atom. The first-order valence-corrected chi connectivity index (χ1v) is 5.82. The first kappa shape index (κ1) is 11.9. The van der Waals surface area contributed by atoms with Gasteiger partial charge in [0.25, 0.3) is 5.91 Å². The zero-order chi connectivity index (χ0) is 12.3. The smallest absolute Gasteiger partial charge is 0.257 e. The number of aromatic nitrogens is 1. The number of rotatable bonds is 2. The second-order valence-corrected chi connectivity index (χ2v) is 4.17. The van der Waals surface area contributed by atoms with Crippen LogP contribution in [0.5, 0.6) is 0 Å². The molecule has 17 heavy (non-hydrogen) atoms. The maximum atomic E-state index is 12.3. The molecule has 1 amide bonds. The van der Waals surface area contributed by atoms with Crippen molar-refractivity contribution >= 4 is 11.7 Å². The van der Waals surface area contributed by atoms with E-state index in [0.29, 0.717) is 37.3 Å². The third-order valence-corrected chi connectivity index (χ3v) is 3.03. The van der Waals surface area contributed by atoms with Crippen LogP contribution in [0, 0.1) is 0 Å². The van der Waals surface area contributed by atoms with E-state index in [-0.39, 0.29) is 12.0 Å². The number of carbonyl (C=O) groups excluding carboxylic acids is 1. The van der Waals surface area contributed by atoms with E-state index in [1.807, 2.05) is 0 Å². The predicted octanol–water partition coefficient (Wildman–Crippen LogP) is 0.720. The number of nitrogens with one attached hydrogen (secondary N) is 1. The van der Waals surface area contributed by atoms with Crippen LogP contribution in [0.2, 0.25) is 0 Å². The molecule has 0 radical (unpaired) electrons. The van der Waals surface area contributed by atoms with Crippen molar-refractivity contribution in [3.8, 4) is 0 Å². The average Bonchev–Trinajstić information content (AvgIpc) is 2.39. The number of hydrogen-bond acceptors (Lipinski definition) is 4. The molecule has 0 aliphatic carbocycles. The van der Waals surface area contributed by atoms with Crippen molar-refractivity contribution in [2.24, 2.45) is 0 Å². The Balaban J connectivity index is 2.14. The number of carbonyl (C=O) groups is 1. The maximum absolute atomic E-state index is 12.3. The largest absolute Gasteiger partial charge is 0.393 e. The first-order chi connectivity index (χ1) is 8.22. The molecular weight excluding hydrogens is 218 g/mol. The molecule has 1 saturated heterocycles. The van der Waals surface area contributed by atoms with Gasteiger partial charge in [0.15, 0.2) is 0 Å². The standard InChI is InChI=1S/C12H17N3O2/c1-13-11-10(3-2-6-14-11)12(17)15-7-4-9(16)5-8-15/h2-3,6,9,16H,4-5,7-8H2,1H3,(H,13,14). The highest BCUT2D eigenvalue weighted by Crippen LogP contribution is 2.17. The molecule has 2 heterocycles. The molecule has 0 spiro atoms. The van der Waals surface area contributed by atoms with E-state index in [4.69, 9.17) is 0 Å². The molecule has 0 aromatic carbocycles. The molecule has 1 fully saturated rings. The van der Waals surface area contributed by atoms with Gasteiger partial charge >= 0.3 is 0 Å². The minimum absolute atomic E-state index is 0.0191. The fourth-order valence-electron chi connectivity index (χ4n) is 2.02. The Morgan fingerprint density at radius 1 is 1.53 bits per heavy atom. The normalized spacial score (nSPS) is 16.9. The van der Waals surface area contributed by atoms with Gasteiger partial charge in [-0.25, -0.2) is 4.98 Å². The summed E-state index contributed by atoms with van der Waals surface area (Å²) in [6.45, 7) is 1.22. The topological polar surface area (TPSA) is 65.5 Å². The van der Waals surface area contributed by atoms with E-state index in [1.54, 1.807) is 30.3 Å². The number of hydrogen-bond donors (Lipinski definition) is 2. The molecule has 5 heteroatoms.